The van der Waals surface area contributed by atoms with Gasteiger partial charge in [0.25, 0.3) is 0 Å². The summed E-state index contributed by atoms with van der Waals surface area (Å²) in [5.74, 6) is -4.80. The minimum Gasteiger partial charge on any atom is -0.482 e. The van der Waals surface area contributed by atoms with Crippen LogP contribution in [0.25, 0.3) is 5.52 Å². The van der Waals surface area contributed by atoms with E-state index in [9.17, 15) is 29.7 Å². The number of carbonyl (C=O) groups is 3. The highest BCUT2D eigenvalue weighted by atomic mass is 16.5. The van der Waals surface area contributed by atoms with E-state index in [4.69, 9.17) is 9.47 Å². The molecule has 0 atom stereocenters. The van der Waals surface area contributed by atoms with Gasteiger partial charge in [-0.05, 0) is 41.5 Å². The highest BCUT2D eigenvalue weighted by Gasteiger charge is 2.32. The van der Waals surface area contributed by atoms with Crippen molar-refractivity contribution in [1.82, 2.24) is 4.40 Å². The average molecular weight is 392 g/mol. The first-order chi connectivity index (χ1) is 12.6. The van der Waals surface area contributed by atoms with Crippen LogP contribution < -0.4 is 9.47 Å². The number of ether oxygens (including phenoxy) is 2. The SMILES string of the molecule is CC(C)(C)Oc1[c]c2c(C(=O)O)c(C(=O)O)c(C(=O)O)cn2c1OC(C)(C)C. The van der Waals surface area contributed by atoms with Crippen LogP contribution in [-0.4, -0.2) is 48.8 Å². The van der Waals surface area contributed by atoms with Gasteiger partial charge in [0.1, 0.15) is 11.2 Å². The number of pyridine rings is 1. The summed E-state index contributed by atoms with van der Waals surface area (Å²) in [4.78, 5) is 35.1. The molecule has 0 fully saturated rings. The van der Waals surface area contributed by atoms with Crippen molar-refractivity contribution in [3.8, 4) is 11.6 Å². The Kier molecular flexibility index (Phi) is 5.07. The number of nitrogens with zero attached hydrogens (tertiary/aromatic N) is 1. The summed E-state index contributed by atoms with van der Waals surface area (Å²) < 4.78 is 12.8. The van der Waals surface area contributed by atoms with Gasteiger partial charge in [-0.3, -0.25) is 4.40 Å². The minimum absolute atomic E-state index is 0.0272. The van der Waals surface area contributed by atoms with Crippen molar-refractivity contribution in [1.29, 1.82) is 0 Å². The van der Waals surface area contributed by atoms with Gasteiger partial charge in [-0.15, -0.1) is 0 Å². The lowest BCUT2D eigenvalue weighted by atomic mass is 10.0. The molecule has 151 valence electrons. The van der Waals surface area contributed by atoms with E-state index in [0.717, 1.165) is 10.6 Å². The predicted octanol–water partition coefficient (Wildman–Crippen LogP) is 3.19. The molecule has 0 aliphatic carbocycles. The zero-order chi connectivity index (χ0) is 21.6. The summed E-state index contributed by atoms with van der Waals surface area (Å²) in [5, 5.41) is 28.5. The van der Waals surface area contributed by atoms with E-state index in [1.165, 1.54) is 0 Å². The number of aromatic carboxylic acids is 3. The first-order valence-electron chi connectivity index (χ1n) is 8.34. The van der Waals surface area contributed by atoms with Crippen LogP contribution in [0, 0.1) is 6.07 Å². The van der Waals surface area contributed by atoms with Gasteiger partial charge in [-0.2, -0.15) is 0 Å². The lowest BCUT2D eigenvalue weighted by Gasteiger charge is -2.25. The van der Waals surface area contributed by atoms with Gasteiger partial charge >= 0.3 is 17.9 Å². The van der Waals surface area contributed by atoms with Gasteiger partial charge in [-0.25, -0.2) is 14.4 Å². The lowest BCUT2D eigenvalue weighted by Crippen LogP contribution is -2.26. The molecule has 2 rings (SSSR count). The van der Waals surface area contributed by atoms with Crippen molar-refractivity contribution in [2.45, 2.75) is 52.7 Å². The second-order valence-corrected chi connectivity index (χ2v) is 8.11. The molecule has 28 heavy (non-hydrogen) atoms. The summed E-state index contributed by atoms with van der Waals surface area (Å²) in [7, 11) is 0. The zero-order valence-electron chi connectivity index (χ0n) is 16.4. The van der Waals surface area contributed by atoms with Crippen LogP contribution in [0.1, 0.15) is 72.6 Å². The molecule has 0 amide bonds. The summed E-state index contributed by atoms with van der Waals surface area (Å²) >= 11 is 0. The third-order valence-electron chi connectivity index (χ3n) is 3.37. The zero-order valence-corrected chi connectivity index (χ0v) is 16.4. The van der Waals surface area contributed by atoms with Crippen molar-refractivity contribution < 1.29 is 39.2 Å². The molecule has 0 saturated heterocycles. The first kappa shape index (κ1) is 21.1. The number of rotatable bonds is 5. The van der Waals surface area contributed by atoms with Crippen molar-refractivity contribution in [3.63, 3.8) is 0 Å². The van der Waals surface area contributed by atoms with E-state index in [1.807, 2.05) is 0 Å². The normalized spacial score (nSPS) is 12.1. The maximum absolute atomic E-state index is 11.8. The molecule has 0 bridgehead atoms. The molecule has 0 aliphatic heterocycles. The van der Waals surface area contributed by atoms with E-state index in [2.05, 4.69) is 6.07 Å². The van der Waals surface area contributed by atoms with Gasteiger partial charge in [0.15, 0.2) is 5.75 Å². The standard InChI is InChI=1S/C19H22NO8/c1-18(2,3)27-11-7-10-13(17(25)26)12(16(23)24)9(15(21)22)8-20(10)14(11)28-19(4,5)6/h8H,1-6H3,(H,21,22)(H,23,24)(H,25,26). The Morgan fingerprint density at radius 1 is 0.857 bits per heavy atom. The summed E-state index contributed by atoms with van der Waals surface area (Å²) in [6, 6.07) is 2.73. The fourth-order valence-electron chi connectivity index (χ4n) is 2.54. The van der Waals surface area contributed by atoms with E-state index in [-0.39, 0.29) is 17.1 Å². The Labute approximate surface area is 161 Å². The number of carboxylic acids is 3. The minimum atomic E-state index is -1.68. The summed E-state index contributed by atoms with van der Waals surface area (Å²) in [6.45, 7) is 10.5. The Bertz CT molecular complexity index is 973. The number of hydrogen-bond donors (Lipinski definition) is 3. The van der Waals surface area contributed by atoms with Gasteiger partial charge in [0, 0.05) is 6.20 Å². The van der Waals surface area contributed by atoms with Crippen LogP contribution in [-0.2, 0) is 0 Å². The van der Waals surface area contributed by atoms with Crippen LogP contribution >= 0.6 is 0 Å². The summed E-state index contributed by atoms with van der Waals surface area (Å²) in [5.41, 5.74) is -3.86. The highest BCUT2D eigenvalue weighted by Crippen LogP contribution is 2.38. The number of aromatic nitrogens is 1. The molecule has 2 aromatic heterocycles. The molecule has 0 aliphatic rings. The molecule has 0 spiro atoms. The number of carboxylic acid groups (broad SMARTS) is 3. The van der Waals surface area contributed by atoms with Crippen molar-refractivity contribution in [2.75, 3.05) is 0 Å². The molecule has 0 saturated carbocycles. The second kappa shape index (κ2) is 6.74. The van der Waals surface area contributed by atoms with Crippen molar-refractivity contribution in [3.05, 3.63) is 29.0 Å². The van der Waals surface area contributed by atoms with Gasteiger partial charge < -0.3 is 24.8 Å². The predicted molar refractivity (Wildman–Crippen MR) is 97.9 cm³/mol. The van der Waals surface area contributed by atoms with Gasteiger partial charge in [-0.1, -0.05) is 0 Å². The Balaban J connectivity index is 3.02. The Morgan fingerprint density at radius 3 is 1.75 bits per heavy atom. The highest BCUT2D eigenvalue weighted by molar-refractivity contribution is 6.12. The largest absolute Gasteiger partial charge is 0.482 e. The van der Waals surface area contributed by atoms with Crippen LogP contribution in [0.4, 0.5) is 0 Å². The van der Waals surface area contributed by atoms with Gasteiger partial charge in [0.2, 0.25) is 5.88 Å². The monoisotopic (exact) mass is 392 g/mol. The van der Waals surface area contributed by atoms with E-state index in [1.54, 1.807) is 41.5 Å². The van der Waals surface area contributed by atoms with Gasteiger partial charge in [0.05, 0.1) is 28.3 Å². The van der Waals surface area contributed by atoms with E-state index < -0.39 is 45.8 Å². The molecular formula is C19H22NO8. The van der Waals surface area contributed by atoms with Crippen LogP contribution in [0.3, 0.4) is 0 Å². The number of fused-ring (bicyclic) bond motifs is 1. The molecule has 0 unspecified atom stereocenters. The molecule has 3 N–H and O–H groups in total. The molecule has 9 nitrogen and oxygen atoms in total. The topological polar surface area (TPSA) is 135 Å². The van der Waals surface area contributed by atoms with Crippen molar-refractivity contribution in [2.24, 2.45) is 0 Å². The third kappa shape index (κ3) is 4.19. The van der Waals surface area contributed by atoms with Crippen molar-refractivity contribution >= 4 is 23.4 Å². The Hall–Kier alpha value is -3.23. The van der Waals surface area contributed by atoms with E-state index >= 15 is 0 Å². The number of hydrogen-bond acceptors (Lipinski definition) is 5. The Morgan fingerprint density at radius 2 is 1.36 bits per heavy atom. The molecule has 9 heteroatoms. The molecule has 0 aromatic carbocycles. The maximum Gasteiger partial charge on any atom is 0.338 e. The maximum atomic E-state index is 11.8. The fraction of sp³-hybridized carbons (Fsp3) is 0.421. The fourth-order valence-corrected chi connectivity index (χ4v) is 2.54. The summed E-state index contributed by atoms with van der Waals surface area (Å²) in [6.07, 6.45) is 1.00. The van der Waals surface area contributed by atoms with Crippen LogP contribution in [0.15, 0.2) is 6.20 Å². The lowest BCUT2D eigenvalue weighted by molar-refractivity contribution is 0.0633. The molecular weight excluding hydrogens is 370 g/mol. The van der Waals surface area contributed by atoms with Crippen LogP contribution in [0.2, 0.25) is 0 Å². The third-order valence-corrected chi connectivity index (χ3v) is 3.37. The van der Waals surface area contributed by atoms with E-state index in [0.29, 0.717) is 0 Å². The first-order valence-corrected chi connectivity index (χ1v) is 8.34. The molecule has 2 heterocycles. The smallest absolute Gasteiger partial charge is 0.338 e. The second-order valence-electron chi connectivity index (χ2n) is 8.11. The molecule has 1 radical (unpaired) electrons. The average Bonchev–Trinajstić information content (AvgIpc) is 2.78. The quantitative estimate of drug-likeness (QED) is 0.706. The van der Waals surface area contributed by atoms with Crippen LogP contribution in [0.5, 0.6) is 11.6 Å². The molecule has 2 aromatic rings.